The molecule has 0 heterocycles. The van der Waals surface area contributed by atoms with Crippen molar-refractivity contribution in [2.24, 2.45) is 0 Å². The lowest BCUT2D eigenvalue weighted by Crippen LogP contribution is -2.30. The maximum absolute atomic E-state index is 12.7. The van der Waals surface area contributed by atoms with E-state index in [9.17, 15) is 13.2 Å². The average Bonchev–Trinajstić information content (AvgIpc) is 2.63. The van der Waals surface area contributed by atoms with Gasteiger partial charge in [0, 0.05) is 13.1 Å². The Kier molecular flexibility index (Phi) is 6.63. The van der Waals surface area contributed by atoms with Gasteiger partial charge in [-0.1, -0.05) is 37.6 Å². The summed E-state index contributed by atoms with van der Waals surface area (Å²) in [5, 5.41) is 3.06. The van der Waals surface area contributed by atoms with Gasteiger partial charge in [0.25, 0.3) is 5.91 Å². The van der Waals surface area contributed by atoms with Gasteiger partial charge in [0.1, 0.15) is 5.75 Å². The molecule has 0 aliphatic carbocycles. The first kappa shape index (κ1) is 20.2. The van der Waals surface area contributed by atoms with E-state index < -0.39 is 15.9 Å². The summed E-state index contributed by atoms with van der Waals surface area (Å²) in [5.74, 6) is -0.236. The maximum atomic E-state index is 12.7. The normalized spacial score (nSPS) is 11.4. The van der Waals surface area contributed by atoms with Crippen molar-refractivity contribution >= 4 is 33.2 Å². The van der Waals surface area contributed by atoms with Crippen molar-refractivity contribution in [1.82, 2.24) is 4.31 Å². The Morgan fingerprint density at radius 3 is 2.38 bits per heavy atom. The molecule has 8 heteroatoms. The second kappa shape index (κ2) is 8.53. The van der Waals surface area contributed by atoms with E-state index in [0.717, 1.165) is 0 Å². The van der Waals surface area contributed by atoms with Crippen LogP contribution in [0.15, 0.2) is 47.4 Å². The zero-order valence-electron chi connectivity index (χ0n) is 14.8. The number of para-hydroxylation sites is 1. The van der Waals surface area contributed by atoms with Crippen LogP contribution in [-0.2, 0) is 10.0 Å². The molecule has 0 saturated carbocycles. The molecule has 0 radical (unpaired) electrons. The number of anilines is 1. The van der Waals surface area contributed by atoms with Gasteiger partial charge in [0.15, 0.2) is 0 Å². The number of benzene rings is 2. The van der Waals surface area contributed by atoms with Crippen LogP contribution in [0.25, 0.3) is 0 Å². The van der Waals surface area contributed by atoms with Gasteiger partial charge in [-0.15, -0.1) is 0 Å². The first-order chi connectivity index (χ1) is 12.3. The molecule has 0 aliphatic heterocycles. The van der Waals surface area contributed by atoms with E-state index in [1.807, 2.05) is 0 Å². The molecule has 2 aromatic rings. The van der Waals surface area contributed by atoms with Crippen molar-refractivity contribution < 1.29 is 17.9 Å². The molecular weight excluding hydrogens is 376 g/mol. The molecule has 0 spiro atoms. The molecular formula is C18H21ClN2O4S. The summed E-state index contributed by atoms with van der Waals surface area (Å²) in [6.45, 7) is 4.20. The summed E-state index contributed by atoms with van der Waals surface area (Å²) in [7, 11) is -2.27. The van der Waals surface area contributed by atoms with Crippen molar-refractivity contribution in [3.8, 4) is 5.75 Å². The molecule has 0 aromatic heterocycles. The van der Waals surface area contributed by atoms with Gasteiger partial charge in [0.2, 0.25) is 10.0 Å². The molecule has 2 rings (SSSR count). The summed E-state index contributed by atoms with van der Waals surface area (Å²) in [5.41, 5.74) is 0.541. The summed E-state index contributed by atoms with van der Waals surface area (Å²) < 4.78 is 32.0. The van der Waals surface area contributed by atoms with Crippen molar-refractivity contribution in [1.29, 1.82) is 0 Å². The van der Waals surface area contributed by atoms with Gasteiger partial charge in [0.05, 0.1) is 28.3 Å². The lowest BCUT2D eigenvalue weighted by molar-refractivity contribution is 0.102. The van der Waals surface area contributed by atoms with Crippen LogP contribution in [0.4, 0.5) is 5.69 Å². The number of nitrogens with zero attached hydrogens (tertiary/aromatic N) is 1. The van der Waals surface area contributed by atoms with E-state index in [1.165, 1.54) is 29.6 Å². The zero-order chi connectivity index (χ0) is 19.3. The largest absolute Gasteiger partial charge is 0.496 e. The van der Waals surface area contributed by atoms with Crippen molar-refractivity contribution in [2.75, 3.05) is 25.5 Å². The van der Waals surface area contributed by atoms with E-state index >= 15 is 0 Å². The number of halogens is 1. The number of sulfonamides is 1. The third kappa shape index (κ3) is 4.17. The Balaban J connectivity index is 2.44. The number of rotatable bonds is 7. The number of amides is 1. The van der Waals surface area contributed by atoms with Gasteiger partial charge in [-0.25, -0.2) is 8.42 Å². The van der Waals surface area contributed by atoms with Crippen LogP contribution in [0.2, 0.25) is 5.02 Å². The fraction of sp³-hybridized carbons (Fsp3) is 0.278. The van der Waals surface area contributed by atoms with E-state index in [-0.39, 0.29) is 16.2 Å². The Morgan fingerprint density at radius 2 is 1.81 bits per heavy atom. The number of methoxy groups -OCH3 is 1. The van der Waals surface area contributed by atoms with Gasteiger partial charge < -0.3 is 10.1 Å². The molecule has 0 unspecified atom stereocenters. The van der Waals surface area contributed by atoms with Gasteiger partial charge >= 0.3 is 0 Å². The molecule has 140 valence electrons. The second-order valence-electron chi connectivity index (χ2n) is 5.39. The number of carbonyl (C=O) groups excluding carboxylic acids is 1. The van der Waals surface area contributed by atoms with Gasteiger partial charge in [-0.05, 0) is 30.3 Å². The van der Waals surface area contributed by atoms with E-state index in [4.69, 9.17) is 16.3 Å². The van der Waals surface area contributed by atoms with Crippen molar-refractivity contribution in [2.45, 2.75) is 18.7 Å². The highest BCUT2D eigenvalue weighted by Crippen LogP contribution is 2.27. The number of hydrogen-bond donors (Lipinski definition) is 1. The Labute approximate surface area is 158 Å². The molecule has 0 aliphatic rings. The monoisotopic (exact) mass is 396 g/mol. The molecule has 1 N–H and O–H groups in total. The molecule has 0 saturated heterocycles. The summed E-state index contributed by atoms with van der Waals surface area (Å²) in [6, 6.07) is 11.0. The highest BCUT2D eigenvalue weighted by molar-refractivity contribution is 7.89. The quantitative estimate of drug-likeness (QED) is 0.775. The Morgan fingerprint density at radius 1 is 1.15 bits per heavy atom. The highest BCUT2D eigenvalue weighted by atomic mass is 35.5. The smallest absolute Gasteiger partial charge is 0.259 e. The number of ether oxygens (including phenoxy) is 1. The Hall–Kier alpha value is -2.09. The predicted molar refractivity (Wildman–Crippen MR) is 103 cm³/mol. The molecule has 2 aromatic carbocycles. The van der Waals surface area contributed by atoms with Crippen LogP contribution in [0, 0.1) is 0 Å². The molecule has 0 fully saturated rings. The SMILES string of the molecule is CCN(CC)S(=O)(=O)c1ccc(OC)c(C(=O)Nc2ccccc2Cl)c1. The minimum Gasteiger partial charge on any atom is -0.496 e. The molecule has 26 heavy (non-hydrogen) atoms. The fourth-order valence-corrected chi connectivity index (χ4v) is 4.16. The lowest BCUT2D eigenvalue weighted by Gasteiger charge is -2.19. The van der Waals surface area contributed by atoms with Crippen LogP contribution in [-0.4, -0.2) is 38.8 Å². The first-order valence-corrected chi connectivity index (χ1v) is 9.91. The van der Waals surface area contributed by atoms with Gasteiger partial charge in [-0.3, -0.25) is 4.79 Å². The standard InChI is InChI=1S/C18H21ClN2O4S/c1-4-21(5-2)26(23,24)13-10-11-17(25-3)14(12-13)18(22)20-16-9-7-6-8-15(16)19/h6-12H,4-5H2,1-3H3,(H,20,22). The summed E-state index contributed by atoms with van der Waals surface area (Å²) >= 11 is 6.06. The topological polar surface area (TPSA) is 75.7 Å². The summed E-state index contributed by atoms with van der Waals surface area (Å²) in [4.78, 5) is 12.7. The Bertz CT molecular complexity index is 896. The third-order valence-electron chi connectivity index (χ3n) is 3.88. The lowest BCUT2D eigenvalue weighted by atomic mass is 10.2. The van der Waals surface area contributed by atoms with E-state index in [2.05, 4.69) is 5.32 Å². The second-order valence-corrected chi connectivity index (χ2v) is 7.73. The van der Waals surface area contributed by atoms with Crippen LogP contribution >= 0.6 is 11.6 Å². The first-order valence-electron chi connectivity index (χ1n) is 8.09. The fourth-order valence-electron chi connectivity index (χ4n) is 2.49. The number of carbonyl (C=O) groups is 1. The van der Waals surface area contributed by atoms with Crippen molar-refractivity contribution in [3.63, 3.8) is 0 Å². The highest BCUT2D eigenvalue weighted by Gasteiger charge is 2.24. The minimum absolute atomic E-state index is 0.0336. The van der Waals surface area contributed by atoms with Crippen molar-refractivity contribution in [3.05, 3.63) is 53.1 Å². The molecule has 6 nitrogen and oxygen atoms in total. The predicted octanol–water partition coefficient (Wildman–Crippen LogP) is 3.63. The molecule has 1 amide bonds. The van der Waals surface area contributed by atoms with Crippen LogP contribution in [0.3, 0.4) is 0 Å². The van der Waals surface area contributed by atoms with E-state index in [1.54, 1.807) is 38.1 Å². The maximum Gasteiger partial charge on any atom is 0.259 e. The minimum atomic E-state index is -3.69. The zero-order valence-corrected chi connectivity index (χ0v) is 16.4. The average molecular weight is 397 g/mol. The van der Waals surface area contributed by atoms with E-state index in [0.29, 0.717) is 23.8 Å². The number of nitrogens with one attached hydrogen (secondary N) is 1. The molecule has 0 atom stereocenters. The van der Waals surface area contributed by atoms with Crippen LogP contribution in [0.1, 0.15) is 24.2 Å². The molecule has 0 bridgehead atoms. The van der Waals surface area contributed by atoms with Gasteiger partial charge in [-0.2, -0.15) is 4.31 Å². The van der Waals surface area contributed by atoms with Crippen LogP contribution in [0.5, 0.6) is 5.75 Å². The van der Waals surface area contributed by atoms with Crippen LogP contribution < -0.4 is 10.1 Å². The summed E-state index contributed by atoms with van der Waals surface area (Å²) in [6.07, 6.45) is 0. The number of hydrogen-bond acceptors (Lipinski definition) is 4. The third-order valence-corrected chi connectivity index (χ3v) is 6.26.